The van der Waals surface area contributed by atoms with E-state index < -0.39 is 18.0 Å². The monoisotopic (exact) mass is 276 g/mol. The highest BCUT2D eigenvalue weighted by molar-refractivity contribution is 6.30. The minimum atomic E-state index is -1.35. The van der Waals surface area contributed by atoms with E-state index in [1.54, 1.807) is 0 Å². The molecular weight excluding hydrogens is 263 g/mol. The van der Waals surface area contributed by atoms with E-state index in [2.05, 4.69) is 10.3 Å². The van der Waals surface area contributed by atoms with E-state index in [1.165, 1.54) is 6.92 Å². The van der Waals surface area contributed by atoms with Gasteiger partial charge < -0.3 is 15.5 Å². The lowest BCUT2D eigenvalue weighted by atomic mass is 10.0. The Hall–Kier alpha value is -1.24. The molecule has 1 aromatic rings. The van der Waals surface area contributed by atoms with Crippen LogP contribution >= 0.6 is 11.6 Å². The van der Waals surface area contributed by atoms with Crippen LogP contribution in [0.25, 0.3) is 0 Å². The minimum absolute atomic E-state index is 0.0204. The van der Waals surface area contributed by atoms with Crippen molar-refractivity contribution < 1.29 is 19.4 Å². The molecule has 0 saturated carbocycles. The first-order valence-corrected chi connectivity index (χ1v) is 5.71. The Bertz CT molecular complexity index is 431. The molecule has 0 aliphatic rings. The van der Waals surface area contributed by atoms with Crippen molar-refractivity contribution in [1.29, 1.82) is 0 Å². The Morgan fingerprint density at radius 3 is 2.89 bits per heavy atom. The van der Waals surface area contributed by atoms with Crippen LogP contribution in [0.4, 0.5) is 4.39 Å². The first kappa shape index (κ1) is 14.8. The van der Waals surface area contributed by atoms with Crippen molar-refractivity contribution in [3.05, 3.63) is 28.8 Å². The van der Waals surface area contributed by atoms with Gasteiger partial charge in [-0.05, 0) is 12.5 Å². The van der Waals surface area contributed by atoms with Crippen molar-refractivity contribution in [2.75, 3.05) is 6.54 Å². The number of carbonyl (C=O) groups excluding carboxylic acids is 1. The molecule has 0 aromatic carbocycles. The van der Waals surface area contributed by atoms with Gasteiger partial charge in [0.2, 0.25) is 5.91 Å². The highest BCUT2D eigenvalue weighted by atomic mass is 35.5. The van der Waals surface area contributed by atoms with Crippen LogP contribution in [0, 0.1) is 5.82 Å². The number of aromatic nitrogens is 1. The van der Waals surface area contributed by atoms with Crippen molar-refractivity contribution >= 4 is 17.5 Å². The zero-order valence-corrected chi connectivity index (χ0v) is 10.5. The third-order valence-corrected chi connectivity index (χ3v) is 2.65. The molecule has 0 saturated heterocycles. The molecule has 0 aliphatic heterocycles. The lowest BCUT2D eigenvalue weighted by Crippen LogP contribution is -2.27. The molecule has 1 rings (SSSR count). The molecule has 7 heteroatoms. The summed E-state index contributed by atoms with van der Waals surface area (Å²) in [4.78, 5) is 14.2. The lowest BCUT2D eigenvalue weighted by Gasteiger charge is -2.18. The summed E-state index contributed by atoms with van der Waals surface area (Å²) < 4.78 is 13.0. The first-order chi connectivity index (χ1) is 8.41. The van der Waals surface area contributed by atoms with Gasteiger partial charge in [-0.3, -0.25) is 4.79 Å². The largest absolute Gasteiger partial charge is 0.390 e. The van der Waals surface area contributed by atoms with E-state index >= 15 is 0 Å². The highest BCUT2D eigenvalue weighted by Gasteiger charge is 2.21. The molecule has 1 aromatic heterocycles. The molecule has 0 aliphatic carbocycles. The van der Waals surface area contributed by atoms with Crippen LogP contribution in [0.3, 0.4) is 0 Å². The molecule has 100 valence electrons. The van der Waals surface area contributed by atoms with Gasteiger partial charge in [-0.2, -0.15) is 0 Å². The molecule has 0 bridgehead atoms. The summed E-state index contributed by atoms with van der Waals surface area (Å²) in [5.41, 5.74) is 0.0204. The number of carbonyl (C=O) groups is 1. The maximum absolute atomic E-state index is 13.0. The Labute approximate surface area is 109 Å². The molecule has 18 heavy (non-hydrogen) atoms. The summed E-state index contributed by atoms with van der Waals surface area (Å²) in [5.74, 6) is -0.885. The molecule has 0 fully saturated rings. The molecule has 2 unspecified atom stereocenters. The van der Waals surface area contributed by atoms with Crippen LogP contribution in [-0.4, -0.2) is 33.8 Å². The van der Waals surface area contributed by atoms with E-state index in [0.29, 0.717) is 0 Å². The summed E-state index contributed by atoms with van der Waals surface area (Å²) in [6, 6.07) is 1.02. The minimum Gasteiger partial charge on any atom is -0.390 e. The Morgan fingerprint density at radius 2 is 2.28 bits per heavy atom. The quantitative estimate of drug-likeness (QED) is 0.695. The van der Waals surface area contributed by atoms with Crippen LogP contribution in [-0.2, 0) is 4.79 Å². The van der Waals surface area contributed by atoms with Gasteiger partial charge in [0.05, 0.1) is 12.3 Å². The van der Waals surface area contributed by atoms with Gasteiger partial charge in [0.1, 0.15) is 17.1 Å². The van der Waals surface area contributed by atoms with E-state index in [9.17, 15) is 19.4 Å². The zero-order chi connectivity index (χ0) is 13.7. The molecule has 0 spiro atoms. The number of aliphatic hydroxyl groups excluding tert-OH is 2. The fourth-order valence-electron chi connectivity index (χ4n) is 1.41. The van der Waals surface area contributed by atoms with Gasteiger partial charge in [-0.25, -0.2) is 9.37 Å². The number of nitrogens with zero attached hydrogens (tertiary/aromatic N) is 1. The molecular formula is C11H14ClFN2O3. The second kappa shape index (κ2) is 6.63. The zero-order valence-electron chi connectivity index (χ0n) is 9.73. The third kappa shape index (κ3) is 4.21. The fourth-order valence-corrected chi connectivity index (χ4v) is 1.62. The van der Waals surface area contributed by atoms with Crippen molar-refractivity contribution in [3.8, 4) is 0 Å². The molecule has 1 amide bonds. The van der Waals surface area contributed by atoms with Gasteiger partial charge in [0.15, 0.2) is 0 Å². The van der Waals surface area contributed by atoms with Crippen molar-refractivity contribution in [3.63, 3.8) is 0 Å². The number of amides is 1. The predicted octanol–water partition coefficient (Wildman–Crippen LogP) is 0.795. The van der Waals surface area contributed by atoms with Gasteiger partial charge in [0, 0.05) is 19.0 Å². The third-order valence-electron chi connectivity index (χ3n) is 2.33. The van der Waals surface area contributed by atoms with Gasteiger partial charge >= 0.3 is 0 Å². The maximum atomic E-state index is 13.0. The SMILES string of the molecule is CC(=O)NCCC(O)C(O)c1cc(F)cnc1Cl. The van der Waals surface area contributed by atoms with Gasteiger partial charge in [-0.1, -0.05) is 11.6 Å². The number of pyridine rings is 1. The number of aliphatic hydroxyl groups is 2. The summed E-state index contributed by atoms with van der Waals surface area (Å²) in [5, 5.41) is 21.9. The normalized spacial score (nSPS) is 14.1. The maximum Gasteiger partial charge on any atom is 0.216 e. The second-order valence-corrected chi connectivity index (χ2v) is 4.18. The van der Waals surface area contributed by atoms with Gasteiger partial charge in [-0.15, -0.1) is 0 Å². The molecule has 2 atom stereocenters. The predicted molar refractivity (Wildman–Crippen MR) is 63.5 cm³/mol. The first-order valence-electron chi connectivity index (χ1n) is 5.33. The van der Waals surface area contributed by atoms with Crippen molar-refractivity contribution in [2.45, 2.75) is 25.6 Å². The highest BCUT2D eigenvalue weighted by Crippen LogP contribution is 2.25. The standard InChI is InChI=1S/C11H14ClFN2O3/c1-6(16)14-3-2-9(17)10(18)8-4-7(13)5-15-11(8)12/h4-5,9-10,17-18H,2-3H2,1H3,(H,14,16). The van der Waals surface area contributed by atoms with Crippen LogP contribution in [0.15, 0.2) is 12.3 Å². The van der Waals surface area contributed by atoms with E-state index in [0.717, 1.165) is 12.3 Å². The van der Waals surface area contributed by atoms with Crippen LogP contribution < -0.4 is 5.32 Å². The summed E-state index contributed by atoms with van der Waals surface area (Å²) in [7, 11) is 0. The number of hydrogen-bond donors (Lipinski definition) is 3. The summed E-state index contributed by atoms with van der Waals surface area (Å²) >= 11 is 5.70. The number of rotatable bonds is 5. The smallest absolute Gasteiger partial charge is 0.216 e. The topological polar surface area (TPSA) is 82.5 Å². The Balaban J connectivity index is 2.64. The summed E-state index contributed by atoms with van der Waals surface area (Å²) in [6.45, 7) is 1.55. The molecule has 5 nitrogen and oxygen atoms in total. The van der Waals surface area contributed by atoms with Crippen molar-refractivity contribution in [1.82, 2.24) is 10.3 Å². The van der Waals surface area contributed by atoms with Gasteiger partial charge in [0.25, 0.3) is 0 Å². The lowest BCUT2D eigenvalue weighted by molar-refractivity contribution is -0.119. The van der Waals surface area contributed by atoms with Crippen LogP contribution in [0.5, 0.6) is 0 Å². The fraction of sp³-hybridized carbons (Fsp3) is 0.455. The average molecular weight is 277 g/mol. The number of hydrogen-bond acceptors (Lipinski definition) is 4. The molecule has 0 radical (unpaired) electrons. The Morgan fingerprint density at radius 1 is 1.61 bits per heavy atom. The number of nitrogens with one attached hydrogen (secondary N) is 1. The van der Waals surface area contributed by atoms with Crippen LogP contribution in [0.2, 0.25) is 5.15 Å². The van der Waals surface area contributed by atoms with E-state index in [-0.39, 0.29) is 29.6 Å². The van der Waals surface area contributed by atoms with E-state index in [1.807, 2.05) is 0 Å². The second-order valence-electron chi connectivity index (χ2n) is 3.82. The van der Waals surface area contributed by atoms with Crippen LogP contribution in [0.1, 0.15) is 25.0 Å². The Kier molecular flexibility index (Phi) is 5.46. The van der Waals surface area contributed by atoms with E-state index in [4.69, 9.17) is 11.6 Å². The molecule has 3 N–H and O–H groups in total. The van der Waals surface area contributed by atoms with Crippen molar-refractivity contribution in [2.24, 2.45) is 0 Å². The molecule has 1 heterocycles. The number of halogens is 2. The average Bonchev–Trinajstić information content (AvgIpc) is 2.30. The summed E-state index contributed by atoms with van der Waals surface area (Å²) in [6.07, 6.45) is -1.48.